The summed E-state index contributed by atoms with van der Waals surface area (Å²) in [4.78, 5) is 11.3. The van der Waals surface area contributed by atoms with Crippen molar-refractivity contribution in [1.82, 2.24) is 19.8 Å². The van der Waals surface area contributed by atoms with E-state index in [2.05, 4.69) is 46.1 Å². The number of thioether (sulfide) groups is 1. The Kier molecular flexibility index (Phi) is 6.42. The number of piperidine rings is 1. The van der Waals surface area contributed by atoms with Crippen molar-refractivity contribution in [1.29, 1.82) is 0 Å². The summed E-state index contributed by atoms with van der Waals surface area (Å²) in [5.74, 6) is 2.80. The predicted octanol–water partition coefficient (Wildman–Crippen LogP) is 2.09. The molecule has 1 saturated heterocycles. The first-order valence-electron chi connectivity index (χ1n) is 7.75. The molecule has 2 atom stereocenters. The van der Waals surface area contributed by atoms with Gasteiger partial charge in [0.05, 0.1) is 18.9 Å². The first-order valence-corrected chi connectivity index (χ1v) is 9.15. The summed E-state index contributed by atoms with van der Waals surface area (Å²) < 4.78 is 2.24. The largest absolute Gasteiger partial charge is 0.357 e. The lowest BCUT2D eigenvalue weighted by Crippen LogP contribution is -2.49. The summed E-state index contributed by atoms with van der Waals surface area (Å²) in [6, 6.07) is 0.477. The standard InChI is InChI=1S/C15H27N5S/c1-4-17-15(18-7-10-21-3)19-8-5-13(2)14(11-19)20-9-6-16-12-20/h6,9,12-14H,4-5,7-8,10-11H2,1-3H3,(H,17,18). The zero-order valence-electron chi connectivity index (χ0n) is 13.3. The fourth-order valence-electron chi connectivity index (χ4n) is 2.76. The fourth-order valence-corrected chi connectivity index (χ4v) is 3.04. The van der Waals surface area contributed by atoms with Crippen LogP contribution in [-0.2, 0) is 0 Å². The number of hydrogen-bond acceptors (Lipinski definition) is 3. The summed E-state index contributed by atoms with van der Waals surface area (Å²) >= 11 is 1.84. The Morgan fingerprint density at radius 3 is 3.05 bits per heavy atom. The molecule has 1 aromatic heterocycles. The molecule has 2 unspecified atom stereocenters. The highest BCUT2D eigenvalue weighted by atomic mass is 32.2. The SMILES string of the molecule is CCNC(=NCCSC)N1CCC(C)C(n2ccnc2)C1. The van der Waals surface area contributed by atoms with Gasteiger partial charge in [0.25, 0.3) is 0 Å². The maximum atomic E-state index is 4.75. The highest BCUT2D eigenvalue weighted by Crippen LogP contribution is 2.27. The van der Waals surface area contributed by atoms with Crippen LogP contribution < -0.4 is 5.32 Å². The van der Waals surface area contributed by atoms with Gasteiger partial charge in [-0.15, -0.1) is 0 Å². The number of aromatic nitrogens is 2. The topological polar surface area (TPSA) is 45.5 Å². The minimum atomic E-state index is 0.477. The fraction of sp³-hybridized carbons (Fsp3) is 0.733. The van der Waals surface area contributed by atoms with E-state index in [0.717, 1.165) is 37.9 Å². The molecule has 1 aromatic rings. The molecular weight excluding hydrogens is 282 g/mol. The van der Waals surface area contributed by atoms with E-state index in [4.69, 9.17) is 4.99 Å². The molecular formula is C15H27N5S. The molecule has 0 aromatic carbocycles. The molecule has 1 fully saturated rings. The average molecular weight is 309 g/mol. The van der Waals surface area contributed by atoms with Crippen molar-refractivity contribution in [3.8, 4) is 0 Å². The Hall–Kier alpha value is -1.17. The molecule has 118 valence electrons. The van der Waals surface area contributed by atoms with Crippen molar-refractivity contribution in [3.05, 3.63) is 18.7 Å². The van der Waals surface area contributed by atoms with Crippen LogP contribution in [-0.4, -0.2) is 58.6 Å². The molecule has 2 rings (SSSR count). The Bertz CT molecular complexity index is 431. The van der Waals surface area contributed by atoms with Gasteiger partial charge in [0.1, 0.15) is 0 Å². The summed E-state index contributed by atoms with van der Waals surface area (Å²) in [7, 11) is 0. The van der Waals surface area contributed by atoms with Gasteiger partial charge >= 0.3 is 0 Å². The van der Waals surface area contributed by atoms with E-state index in [1.54, 1.807) is 0 Å². The van der Waals surface area contributed by atoms with Gasteiger partial charge in [0, 0.05) is 37.8 Å². The van der Waals surface area contributed by atoms with Crippen LogP contribution in [0, 0.1) is 5.92 Å². The van der Waals surface area contributed by atoms with Crippen molar-refractivity contribution >= 4 is 17.7 Å². The van der Waals surface area contributed by atoms with E-state index in [1.165, 1.54) is 6.42 Å². The third kappa shape index (κ3) is 4.40. The zero-order valence-corrected chi connectivity index (χ0v) is 14.1. The number of guanidine groups is 1. The lowest BCUT2D eigenvalue weighted by molar-refractivity contribution is 0.189. The monoisotopic (exact) mass is 309 g/mol. The van der Waals surface area contributed by atoms with E-state index >= 15 is 0 Å². The van der Waals surface area contributed by atoms with Crippen LogP contribution in [0.1, 0.15) is 26.3 Å². The van der Waals surface area contributed by atoms with Crippen LogP contribution in [0.15, 0.2) is 23.7 Å². The molecule has 1 aliphatic heterocycles. The Morgan fingerprint density at radius 1 is 1.52 bits per heavy atom. The van der Waals surface area contributed by atoms with E-state index in [9.17, 15) is 0 Å². The van der Waals surface area contributed by atoms with E-state index in [0.29, 0.717) is 12.0 Å². The molecule has 0 spiro atoms. The van der Waals surface area contributed by atoms with Crippen molar-refractivity contribution in [3.63, 3.8) is 0 Å². The minimum absolute atomic E-state index is 0.477. The average Bonchev–Trinajstić information content (AvgIpc) is 3.01. The van der Waals surface area contributed by atoms with Gasteiger partial charge in [0.15, 0.2) is 5.96 Å². The van der Waals surface area contributed by atoms with Gasteiger partial charge in [-0.25, -0.2) is 4.98 Å². The van der Waals surface area contributed by atoms with Crippen molar-refractivity contribution < 1.29 is 0 Å². The molecule has 2 heterocycles. The number of rotatable bonds is 5. The lowest BCUT2D eigenvalue weighted by Gasteiger charge is -2.39. The van der Waals surface area contributed by atoms with Crippen LogP contribution in [0.3, 0.4) is 0 Å². The van der Waals surface area contributed by atoms with Gasteiger partial charge in [-0.2, -0.15) is 11.8 Å². The second-order valence-electron chi connectivity index (χ2n) is 5.52. The van der Waals surface area contributed by atoms with Gasteiger partial charge in [-0.3, -0.25) is 4.99 Å². The minimum Gasteiger partial charge on any atom is -0.357 e. The van der Waals surface area contributed by atoms with Gasteiger partial charge in [-0.05, 0) is 25.5 Å². The third-order valence-electron chi connectivity index (χ3n) is 4.02. The Labute approximate surface area is 132 Å². The van der Waals surface area contributed by atoms with Gasteiger partial charge in [0.2, 0.25) is 0 Å². The van der Waals surface area contributed by atoms with E-state index in [-0.39, 0.29) is 0 Å². The first kappa shape index (κ1) is 16.2. The molecule has 0 bridgehead atoms. The third-order valence-corrected chi connectivity index (χ3v) is 4.61. The number of likely N-dealkylation sites (tertiary alicyclic amines) is 1. The number of imidazole rings is 1. The van der Waals surface area contributed by atoms with Crippen LogP contribution in [0.4, 0.5) is 0 Å². The maximum Gasteiger partial charge on any atom is 0.194 e. The zero-order chi connectivity index (χ0) is 15.1. The van der Waals surface area contributed by atoms with Crippen LogP contribution in [0.2, 0.25) is 0 Å². The maximum absolute atomic E-state index is 4.75. The first-order chi connectivity index (χ1) is 10.3. The van der Waals surface area contributed by atoms with Crippen molar-refractivity contribution in [2.75, 3.05) is 38.2 Å². The second kappa shape index (κ2) is 8.32. The number of nitrogens with zero attached hydrogens (tertiary/aromatic N) is 4. The lowest BCUT2D eigenvalue weighted by atomic mass is 9.93. The second-order valence-corrected chi connectivity index (χ2v) is 6.50. The van der Waals surface area contributed by atoms with Crippen LogP contribution in [0.25, 0.3) is 0 Å². The predicted molar refractivity (Wildman–Crippen MR) is 91.0 cm³/mol. The summed E-state index contributed by atoms with van der Waals surface area (Å²) in [6.07, 6.45) is 9.18. The molecule has 0 saturated carbocycles. The molecule has 1 N–H and O–H groups in total. The molecule has 1 aliphatic rings. The molecule has 6 heteroatoms. The Morgan fingerprint density at radius 2 is 2.38 bits per heavy atom. The van der Waals surface area contributed by atoms with Gasteiger partial charge < -0.3 is 14.8 Å². The summed E-state index contributed by atoms with van der Waals surface area (Å²) in [5.41, 5.74) is 0. The highest BCUT2D eigenvalue weighted by Gasteiger charge is 2.28. The van der Waals surface area contributed by atoms with Crippen LogP contribution in [0.5, 0.6) is 0 Å². The quantitative estimate of drug-likeness (QED) is 0.514. The highest BCUT2D eigenvalue weighted by molar-refractivity contribution is 7.98. The van der Waals surface area contributed by atoms with Crippen LogP contribution >= 0.6 is 11.8 Å². The van der Waals surface area contributed by atoms with Crippen molar-refractivity contribution in [2.45, 2.75) is 26.3 Å². The molecule has 5 nitrogen and oxygen atoms in total. The number of aliphatic imine (C=N–C) groups is 1. The number of hydrogen-bond donors (Lipinski definition) is 1. The van der Waals surface area contributed by atoms with Crippen molar-refractivity contribution in [2.24, 2.45) is 10.9 Å². The molecule has 21 heavy (non-hydrogen) atoms. The molecule has 0 aliphatic carbocycles. The van der Waals surface area contributed by atoms with Gasteiger partial charge in [-0.1, -0.05) is 6.92 Å². The van der Waals surface area contributed by atoms with E-state index < -0.39 is 0 Å². The molecule has 0 radical (unpaired) electrons. The summed E-state index contributed by atoms with van der Waals surface area (Å²) in [6.45, 7) is 8.34. The smallest absolute Gasteiger partial charge is 0.194 e. The molecule has 0 amide bonds. The number of nitrogens with one attached hydrogen (secondary N) is 1. The summed E-state index contributed by atoms with van der Waals surface area (Å²) in [5, 5.41) is 3.43. The Balaban J connectivity index is 2.05. The van der Waals surface area contributed by atoms with E-state index in [1.807, 2.05) is 24.3 Å². The normalized spacial score (nSPS) is 23.4.